The smallest absolute Gasteiger partial charge is 0.330 e. The zero-order chi connectivity index (χ0) is 13.5. The number of nitrogens with zero attached hydrogens (tertiary/aromatic N) is 2. The molecule has 0 unspecified atom stereocenters. The largest absolute Gasteiger partial charge is 0.473 e. The molecule has 1 aliphatic rings. The molecule has 2 rings (SSSR count). The highest BCUT2D eigenvalue weighted by Gasteiger charge is 2.16. The Kier molecular flexibility index (Phi) is 5.09. The van der Waals surface area contributed by atoms with Crippen LogP contribution in [0.5, 0.6) is 5.88 Å². The third-order valence-electron chi connectivity index (χ3n) is 3.30. The first-order valence-corrected chi connectivity index (χ1v) is 6.73. The number of rotatable bonds is 6. The fraction of sp³-hybridized carbons (Fsp3) is 0.615. The highest BCUT2D eigenvalue weighted by molar-refractivity contribution is 5.39. The van der Waals surface area contributed by atoms with Gasteiger partial charge in [0.25, 0.3) is 5.88 Å². The van der Waals surface area contributed by atoms with Gasteiger partial charge >= 0.3 is 5.69 Å². The monoisotopic (exact) mass is 265 g/mol. The van der Waals surface area contributed by atoms with Gasteiger partial charge in [-0.15, -0.1) is 0 Å². The van der Waals surface area contributed by atoms with Gasteiger partial charge in [0, 0.05) is 18.3 Å². The van der Waals surface area contributed by atoms with E-state index in [4.69, 9.17) is 4.74 Å². The molecule has 0 aromatic carbocycles. The SMILES string of the molecule is O=[N+]([O-])c1cccnc1OCCC[C@H]1CCCCN1. The van der Waals surface area contributed by atoms with E-state index >= 15 is 0 Å². The van der Waals surface area contributed by atoms with Crippen LogP contribution in [0.1, 0.15) is 32.1 Å². The van der Waals surface area contributed by atoms with E-state index in [9.17, 15) is 10.1 Å². The molecule has 1 aromatic rings. The van der Waals surface area contributed by atoms with Gasteiger partial charge in [0.2, 0.25) is 0 Å². The van der Waals surface area contributed by atoms with Gasteiger partial charge in [-0.3, -0.25) is 10.1 Å². The van der Waals surface area contributed by atoms with E-state index in [-0.39, 0.29) is 11.6 Å². The molecule has 0 aliphatic carbocycles. The van der Waals surface area contributed by atoms with E-state index in [1.54, 1.807) is 0 Å². The van der Waals surface area contributed by atoms with Crippen molar-refractivity contribution in [2.45, 2.75) is 38.1 Å². The van der Waals surface area contributed by atoms with Crippen LogP contribution in [0.15, 0.2) is 18.3 Å². The maximum Gasteiger partial charge on any atom is 0.330 e. The third-order valence-corrected chi connectivity index (χ3v) is 3.30. The molecule has 6 nitrogen and oxygen atoms in total. The number of nitro groups is 1. The van der Waals surface area contributed by atoms with E-state index in [2.05, 4.69) is 10.3 Å². The number of hydrogen-bond acceptors (Lipinski definition) is 5. The van der Waals surface area contributed by atoms with Crippen LogP contribution in [-0.2, 0) is 0 Å². The number of pyridine rings is 1. The van der Waals surface area contributed by atoms with E-state index < -0.39 is 4.92 Å². The second-order valence-electron chi connectivity index (χ2n) is 4.72. The number of hydrogen-bond donors (Lipinski definition) is 1. The predicted molar refractivity (Wildman–Crippen MR) is 71.3 cm³/mol. The van der Waals surface area contributed by atoms with Gasteiger partial charge in [-0.05, 0) is 38.3 Å². The van der Waals surface area contributed by atoms with Crippen molar-refractivity contribution in [1.29, 1.82) is 0 Å². The minimum atomic E-state index is -0.467. The Hall–Kier alpha value is -1.69. The van der Waals surface area contributed by atoms with Gasteiger partial charge < -0.3 is 10.1 Å². The van der Waals surface area contributed by atoms with Crippen LogP contribution in [0, 0.1) is 10.1 Å². The fourth-order valence-electron chi connectivity index (χ4n) is 2.30. The minimum absolute atomic E-state index is 0.0710. The summed E-state index contributed by atoms with van der Waals surface area (Å²) in [4.78, 5) is 14.2. The first-order valence-electron chi connectivity index (χ1n) is 6.73. The van der Waals surface area contributed by atoms with Crippen LogP contribution < -0.4 is 10.1 Å². The summed E-state index contributed by atoms with van der Waals surface area (Å²) in [5, 5.41) is 14.2. The lowest BCUT2D eigenvalue weighted by molar-refractivity contribution is -0.386. The lowest BCUT2D eigenvalue weighted by atomic mass is 10.0. The van der Waals surface area contributed by atoms with Crippen molar-refractivity contribution >= 4 is 5.69 Å². The maximum atomic E-state index is 10.8. The van der Waals surface area contributed by atoms with Crippen molar-refractivity contribution in [3.05, 3.63) is 28.4 Å². The molecule has 6 heteroatoms. The van der Waals surface area contributed by atoms with E-state index in [1.807, 2.05) is 0 Å². The molecule has 19 heavy (non-hydrogen) atoms. The van der Waals surface area contributed by atoms with E-state index in [0.717, 1.165) is 19.4 Å². The zero-order valence-electron chi connectivity index (χ0n) is 10.9. The molecular formula is C13H19N3O3. The topological polar surface area (TPSA) is 77.3 Å². The van der Waals surface area contributed by atoms with Crippen molar-refractivity contribution in [3.8, 4) is 5.88 Å². The summed E-state index contributed by atoms with van der Waals surface area (Å²) < 4.78 is 5.41. The van der Waals surface area contributed by atoms with Gasteiger partial charge in [0.15, 0.2) is 0 Å². The fourth-order valence-corrected chi connectivity index (χ4v) is 2.30. The summed E-state index contributed by atoms with van der Waals surface area (Å²) >= 11 is 0. The Morgan fingerprint density at radius 2 is 2.42 bits per heavy atom. The predicted octanol–water partition coefficient (Wildman–Crippen LogP) is 2.29. The Morgan fingerprint density at radius 3 is 3.16 bits per heavy atom. The number of aromatic nitrogens is 1. The summed E-state index contributed by atoms with van der Waals surface area (Å²) in [5.74, 6) is 0.115. The third kappa shape index (κ3) is 4.17. The summed E-state index contributed by atoms with van der Waals surface area (Å²) in [6.45, 7) is 1.56. The van der Waals surface area contributed by atoms with Gasteiger partial charge in [0.1, 0.15) is 0 Å². The molecule has 0 bridgehead atoms. The first-order chi connectivity index (χ1) is 9.27. The molecular weight excluding hydrogens is 246 g/mol. The maximum absolute atomic E-state index is 10.8. The van der Waals surface area contributed by atoms with Gasteiger partial charge in [-0.2, -0.15) is 0 Å². The van der Waals surface area contributed by atoms with Crippen LogP contribution in [0.4, 0.5) is 5.69 Å². The van der Waals surface area contributed by atoms with Crippen LogP contribution in [-0.4, -0.2) is 29.1 Å². The van der Waals surface area contributed by atoms with Crippen molar-refractivity contribution in [1.82, 2.24) is 10.3 Å². The Labute approximate surface area is 112 Å². The van der Waals surface area contributed by atoms with Crippen LogP contribution in [0.25, 0.3) is 0 Å². The molecule has 104 valence electrons. The number of ether oxygens (including phenoxy) is 1. The van der Waals surface area contributed by atoms with Crippen molar-refractivity contribution < 1.29 is 9.66 Å². The molecule has 0 radical (unpaired) electrons. The molecule has 1 fully saturated rings. The standard InChI is InChI=1S/C13H19N3O3/c17-16(18)12-7-3-9-15-13(12)19-10-4-6-11-5-1-2-8-14-11/h3,7,9,11,14H,1-2,4-6,8,10H2/t11-/m1/s1. The molecule has 0 saturated carbocycles. The summed E-state index contributed by atoms with van der Waals surface area (Å²) in [6, 6.07) is 3.51. The normalized spacial score (nSPS) is 19.1. The molecule has 2 heterocycles. The van der Waals surface area contributed by atoms with Crippen molar-refractivity contribution in [3.63, 3.8) is 0 Å². The molecule has 1 aromatic heterocycles. The zero-order valence-corrected chi connectivity index (χ0v) is 10.9. The average Bonchev–Trinajstić information content (AvgIpc) is 2.45. The Morgan fingerprint density at radius 1 is 1.53 bits per heavy atom. The molecule has 1 N–H and O–H groups in total. The van der Waals surface area contributed by atoms with Crippen LogP contribution in [0.2, 0.25) is 0 Å². The van der Waals surface area contributed by atoms with E-state index in [1.165, 1.54) is 37.6 Å². The van der Waals surface area contributed by atoms with Gasteiger partial charge in [0.05, 0.1) is 11.5 Å². The molecule has 1 atom stereocenters. The van der Waals surface area contributed by atoms with Gasteiger partial charge in [-0.1, -0.05) is 6.42 Å². The molecule has 1 saturated heterocycles. The summed E-state index contributed by atoms with van der Waals surface area (Å²) in [7, 11) is 0. The lowest BCUT2D eigenvalue weighted by Gasteiger charge is -2.23. The number of nitrogens with one attached hydrogen (secondary N) is 1. The molecule has 0 amide bonds. The highest BCUT2D eigenvalue weighted by atomic mass is 16.6. The van der Waals surface area contributed by atoms with Crippen LogP contribution >= 0.6 is 0 Å². The quantitative estimate of drug-likeness (QED) is 0.485. The molecule has 1 aliphatic heterocycles. The van der Waals surface area contributed by atoms with Gasteiger partial charge in [-0.25, -0.2) is 4.98 Å². The average molecular weight is 265 g/mol. The Bertz CT molecular complexity index is 419. The van der Waals surface area contributed by atoms with Crippen molar-refractivity contribution in [2.75, 3.05) is 13.2 Å². The minimum Gasteiger partial charge on any atom is -0.473 e. The van der Waals surface area contributed by atoms with Crippen LogP contribution in [0.3, 0.4) is 0 Å². The number of piperidine rings is 1. The van der Waals surface area contributed by atoms with E-state index in [0.29, 0.717) is 12.6 Å². The highest BCUT2D eigenvalue weighted by Crippen LogP contribution is 2.23. The lowest BCUT2D eigenvalue weighted by Crippen LogP contribution is -2.34. The first kappa shape index (κ1) is 13.7. The Balaban J connectivity index is 1.74. The summed E-state index contributed by atoms with van der Waals surface area (Å²) in [5.41, 5.74) is -0.0710. The second kappa shape index (κ2) is 7.04. The second-order valence-corrected chi connectivity index (χ2v) is 4.72. The molecule has 0 spiro atoms. The van der Waals surface area contributed by atoms with Crippen molar-refractivity contribution in [2.24, 2.45) is 0 Å². The summed E-state index contributed by atoms with van der Waals surface area (Å²) in [6.07, 6.45) is 7.18.